The van der Waals surface area contributed by atoms with Crippen molar-refractivity contribution >= 4 is 21.7 Å². The van der Waals surface area contributed by atoms with Crippen molar-refractivity contribution in [1.29, 1.82) is 0 Å². The highest BCUT2D eigenvalue weighted by Gasteiger charge is 2.39. The van der Waals surface area contributed by atoms with Crippen LogP contribution in [0.25, 0.3) is 0 Å². The standard InChI is InChI=1S/C14H17BrFNO/c15-12-8-11(16)4-3-10(12)7-13(18)14(9-17)5-1-2-6-14/h3-4,8H,1-2,5-7,9,17H2. The molecule has 4 heteroatoms. The van der Waals surface area contributed by atoms with E-state index in [1.54, 1.807) is 6.07 Å². The summed E-state index contributed by atoms with van der Waals surface area (Å²) in [5.41, 5.74) is 6.29. The predicted molar refractivity (Wildman–Crippen MR) is 72.8 cm³/mol. The van der Waals surface area contributed by atoms with Gasteiger partial charge in [0.15, 0.2) is 0 Å². The van der Waals surface area contributed by atoms with Crippen molar-refractivity contribution in [2.75, 3.05) is 6.54 Å². The van der Waals surface area contributed by atoms with Crippen LogP contribution in [0.3, 0.4) is 0 Å². The molecule has 18 heavy (non-hydrogen) atoms. The summed E-state index contributed by atoms with van der Waals surface area (Å²) in [5, 5.41) is 0. The molecule has 98 valence electrons. The lowest BCUT2D eigenvalue weighted by Crippen LogP contribution is -2.37. The van der Waals surface area contributed by atoms with Gasteiger partial charge in [-0.1, -0.05) is 34.8 Å². The van der Waals surface area contributed by atoms with Gasteiger partial charge in [-0.05, 0) is 30.5 Å². The molecule has 2 N–H and O–H groups in total. The first kappa shape index (κ1) is 13.7. The molecule has 0 atom stereocenters. The van der Waals surface area contributed by atoms with Crippen molar-refractivity contribution in [2.24, 2.45) is 11.1 Å². The van der Waals surface area contributed by atoms with E-state index < -0.39 is 0 Å². The Kier molecular flexibility index (Phi) is 4.17. The Morgan fingerprint density at radius 3 is 2.61 bits per heavy atom. The van der Waals surface area contributed by atoms with E-state index in [4.69, 9.17) is 5.73 Å². The predicted octanol–water partition coefficient (Wildman–Crippen LogP) is 3.22. The molecule has 2 rings (SSSR count). The molecule has 1 aliphatic carbocycles. The molecule has 2 nitrogen and oxygen atoms in total. The van der Waals surface area contributed by atoms with Gasteiger partial charge in [0.05, 0.1) is 0 Å². The summed E-state index contributed by atoms with van der Waals surface area (Å²) in [6, 6.07) is 4.44. The summed E-state index contributed by atoms with van der Waals surface area (Å²) in [6.45, 7) is 0.421. The molecule has 0 heterocycles. The summed E-state index contributed by atoms with van der Waals surface area (Å²) in [7, 11) is 0. The van der Waals surface area contributed by atoms with Crippen LogP contribution in [0.1, 0.15) is 31.2 Å². The number of hydrogen-bond donors (Lipinski definition) is 1. The van der Waals surface area contributed by atoms with Crippen molar-refractivity contribution in [3.8, 4) is 0 Å². The minimum Gasteiger partial charge on any atom is -0.329 e. The van der Waals surface area contributed by atoms with Crippen LogP contribution in [0.2, 0.25) is 0 Å². The van der Waals surface area contributed by atoms with Crippen LogP contribution >= 0.6 is 15.9 Å². The second-order valence-corrected chi connectivity index (χ2v) is 5.88. The van der Waals surface area contributed by atoms with Gasteiger partial charge in [-0.3, -0.25) is 4.79 Å². The van der Waals surface area contributed by atoms with Gasteiger partial charge in [-0.15, -0.1) is 0 Å². The molecule has 1 aliphatic rings. The molecule has 0 amide bonds. The smallest absolute Gasteiger partial charge is 0.144 e. The van der Waals surface area contributed by atoms with Gasteiger partial charge in [0, 0.05) is 22.9 Å². The summed E-state index contributed by atoms with van der Waals surface area (Å²) < 4.78 is 13.6. The number of carbonyl (C=O) groups excluding carboxylic acids is 1. The number of ketones is 1. The Morgan fingerprint density at radius 1 is 1.39 bits per heavy atom. The van der Waals surface area contributed by atoms with Crippen molar-refractivity contribution < 1.29 is 9.18 Å². The summed E-state index contributed by atoms with van der Waals surface area (Å²) in [6.07, 6.45) is 4.27. The fourth-order valence-corrected chi connectivity index (χ4v) is 3.17. The highest BCUT2D eigenvalue weighted by atomic mass is 79.9. The lowest BCUT2D eigenvalue weighted by Gasteiger charge is -2.25. The van der Waals surface area contributed by atoms with Gasteiger partial charge < -0.3 is 5.73 Å². The zero-order valence-electron chi connectivity index (χ0n) is 10.2. The number of halogens is 2. The van der Waals surface area contributed by atoms with E-state index in [9.17, 15) is 9.18 Å². The van der Waals surface area contributed by atoms with Gasteiger partial charge in [0.1, 0.15) is 11.6 Å². The molecular weight excluding hydrogens is 297 g/mol. The Balaban J connectivity index is 2.15. The van der Waals surface area contributed by atoms with Crippen LogP contribution in [-0.4, -0.2) is 12.3 Å². The van der Waals surface area contributed by atoms with Gasteiger partial charge >= 0.3 is 0 Å². The second-order valence-electron chi connectivity index (χ2n) is 5.03. The molecule has 0 saturated heterocycles. The van der Waals surface area contributed by atoms with Gasteiger partial charge in [-0.2, -0.15) is 0 Å². The molecule has 0 aliphatic heterocycles. The average molecular weight is 314 g/mol. The molecule has 0 bridgehead atoms. The highest BCUT2D eigenvalue weighted by molar-refractivity contribution is 9.10. The topological polar surface area (TPSA) is 43.1 Å². The van der Waals surface area contributed by atoms with E-state index in [-0.39, 0.29) is 17.0 Å². The quantitative estimate of drug-likeness (QED) is 0.927. The van der Waals surface area contributed by atoms with Gasteiger partial charge in [-0.25, -0.2) is 4.39 Å². The van der Waals surface area contributed by atoms with Crippen molar-refractivity contribution in [1.82, 2.24) is 0 Å². The molecule has 0 aromatic heterocycles. The molecule has 0 spiro atoms. The Bertz CT molecular complexity index is 455. The maximum absolute atomic E-state index is 13.0. The first-order valence-corrected chi connectivity index (χ1v) is 7.04. The van der Waals surface area contributed by atoms with E-state index in [0.717, 1.165) is 31.2 Å². The second kappa shape index (κ2) is 5.49. The van der Waals surface area contributed by atoms with Crippen molar-refractivity contribution in [3.63, 3.8) is 0 Å². The molecule has 0 radical (unpaired) electrons. The van der Waals surface area contributed by atoms with Crippen LogP contribution < -0.4 is 5.73 Å². The van der Waals surface area contributed by atoms with E-state index in [1.807, 2.05) is 0 Å². The molecule has 1 saturated carbocycles. The van der Waals surface area contributed by atoms with Crippen LogP contribution in [0.5, 0.6) is 0 Å². The number of nitrogens with two attached hydrogens (primary N) is 1. The first-order valence-electron chi connectivity index (χ1n) is 6.25. The SMILES string of the molecule is NCC1(C(=O)Cc2ccc(F)cc2Br)CCCC1. The van der Waals surface area contributed by atoms with Gasteiger partial charge in [0.2, 0.25) is 0 Å². The van der Waals surface area contributed by atoms with Crippen LogP contribution in [-0.2, 0) is 11.2 Å². The minimum atomic E-state index is -0.339. The maximum atomic E-state index is 13.0. The van der Waals surface area contributed by atoms with Crippen molar-refractivity contribution in [2.45, 2.75) is 32.1 Å². The third-order valence-electron chi connectivity index (χ3n) is 3.91. The van der Waals surface area contributed by atoms with E-state index in [2.05, 4.69) is 15.9 Å². The summed E-state index contributed by atoms with van der Waals surface area (Å²) in [5.74, 6) is -0.109. The Labute approximate surface area is 115 Å². The molecule has 1 aromatic rings. The fraction of sp³-hybridized carbons (Fsp3) is 0.500. The molecule has 0 unspecified atom stereocenters. The van der Waals surface area contributed by atoms with Crippen LogP contribution in [0.15, 0.2) is 22.7 Å². The largest absolute Gasteiger partial charge is 0.329 e. The Hall–Kier alpha value is -0.740. The van der Waals surface area contributed by atoms with Crippen LogP contribution in [0.4, 0.5) is 4.39 Å². The molecule has 1 aromatic carbocycles. The number of rotatable bonds is 4. The van der Waals surface area contributed by atoms with Crippen molar-refractivity contribution in [3.05, 3.63) is 34.1 Å². The van der Waals surface area contributed by atoms with E-state index in [0.29, 0.717) is 17.4 Å². The van der Waals surface area contributed by atoms with E-state index >= 15 is 0 Å². The normalized spacial score (nSPS) is 17.9. The molecular formula is C14H17BrFNO. The monoisotopic (exact) mass is 313 g/mol. The Morgan fingerprint density at radius 2 is 2.06 bits per heavy atom. The lowest BCUT2D eigenvalue weighted by atomic mass is 9.79. The zero-order chi connectivity index (χ0) is 13.2. The highest BCUT2D eigenvalue weighted by Crippen LogP contribution is 2.39. The van der Waals surface area contributed by atoms with E-state index in [1.165, 1.54) is 12.1 Å². The maximum Gasteiger partial charge on any atom is 0.144 e. The number of benzene rings is 1. The van der Waals surface area contributed by atoms with Crippen LogP contribution in [0, 0.1) is 11.2 Å². The number of Topliss-reactive ketones (excluding diaryl/α,β-unsaturated/α-hetero) is 1. The van der Waals surface area contributed by atoms with Gasteiger partial charge in [0.25, 0.3) is 0 Å². The third-order valence-corrected chi connectivity index (χ3v) is 4.65. The summed E-state index contributed by atoms with van der Waals surface area (Å²) in [4.78, 5) is 12.4. The zero-order valence-corrected chi connectivity index (χ0v) is 11.8. The third kappa shape index (κ3) is 2.64. The number of hydrogen-bond acceptors (Lipinski definition) is 2. The molecule has 1 fully saturated rings. The average Bonchev–Trinajstić information content (AvgIpc) is 2.82. The lowest BCUT2D eigenvalue weighted by molar-refractivity contribution is -0.127. The fourth-order valence-electron chi connectivity index (χ4n) is 2.67. The summed E-state index contributed by atoms with van der Waals surface area (Å²) >= 11 is 3.30. The number of carbonyl (C=O) groups is 1. The minimum absolute atomic E-state index is 0.190. The first-order chi connectivity index (χ1) is 8.57.